The van der Waals surface area contributed by atoms with Gasteiger partial charge in [0.15, 0.2) is 0 Å². The Kier molecular flexibility index (Phi) is 4.64. The first-order valence-electron chi connectivity index (χ1n) is 7.50. The second kappa shape index (κ2) is 6.12. The smallest absolute Gasteiger partial charge is 0.370 e. The molecule has 1 aromatic heterocycles. The van der Waals surface area contributed by atoms with Crippen LogP contribution in [-0.2, 0) is 6.18 Å². The molecule has 0 aliphatic heterocycles. The van der Waals surface area contributed by atoms with Crippen LogP contribution in [0.4, 0.5) is 24.8 Å². The van der Waals surface area contributed by atoms with Gasteiger partial charge in [-0.1, -0.05) is 13.8 Å². The number of pyridine rings is 1. The van der Waals surface area contributed by atoms with Crippen molar-refractivity contribution >= 4 is 11.6 Å². The van der Waals surface area contributed by atoms with Gasteiger partial charge in [-0.25, -0.2) is 4.98 Å². The molecule has 0 bridgehead atoms. The van der Waals surface area contributed by atoms with E-state index in [9.17, 15) is 13.2 Å². The largest absolute Gasteiger partial charge is 0.416 e. The fourth-order valence-corrected chi connectivity index (χ4v) is 2.54. The molecule has 2 rings (SSSR count). The molecule has 6 heteroatoms. The third-order valence-corrected chi connectivity index (χ3v) is 4.09. The Balaban J connectivity index is 2.26. The molecule has 0 aromatic carbocycles. The standard InChI is InChI=1S/C15H22F3N3/c1-3-8-19-12-9-11(15(16,17)18)10-13(20-12)21-14(4-2)6-5-7-14/h9-10H,3-8H2,1-2H3,(H2,19,20,21). The van der Waals surface area contributed by atoms with Crippen LogP contribution in [-0.4, -0.2) is 17.1 Å². The summed E-state index contributed by atoms with van der Waals surface area (Å²) >= 11 is 0. The quantitative estimate of drug-likeness (QED) is 0.802. The van der Waals surface area contributed by atoms with Gasteiger partial charge in [-0.15, -0.1) is 0 Å². The summed E-state index contributed by atoms with van der Waals surface area (Å²) in [6.45, 7) is 4.61. The van der Waals surface area contributed by atoms with Gasteiger partial charge in [-0.2, -0.15) is 13.2 Å². The first-order valence-corrected chi connectivity index (χ1v) is 7.50. The lowest BCUT2D eigenvalue weighted by molar-refractivity contribution is -0.137. The highest BCUT2D eigenvalue weighted by Gasteiger charge is 2.36. The van der Waals surface area contributed by atoms with Crippen LogP contribution in [0.25, 0.3) is 0 Å². The maximum atomic E-state index is 13.0. The van der Waals surface area contributed by atoms with Gasteiger partial charge in [-0.3, -0.25) is 0 Å². The molecule has 1 saturated carbocycles. The maximum absolute atomic E-state index is 13.0. The van der Waals surface area contributed by atoms with Crippen LogP contribution in [0.3, 0.4) is 0 Å². The Morgan fingerprint density at radius 1 is 1.19 bits per heavy atom. The van der Waals surface area contributed by atoms with Crippen LogP contribution in [0, 0.1) is 0 Å². The molecular weight excluding hydrogens is 279 g/mol. The second-order valence-corrected chi connectivity index (χ2v) is 5.66. The number of hydrogen-bond donors (Lipinski definition) is 2. The van der Waals surface area contributed by atoms with E-state index in [2.05, 4.69) is 22.5 Å². The molecule has 1 heterocycles. The van der Waals surface area contributed by atoms with Gasteiger partial charge in [0.2, 0.25) is 0 Å². The SMILES string of the molecule is CCCNc1cc(C(F)(F)F)cc(NC2(CC)CCC2)n1. The average molecular weight is 301 g/mol. The van der Waals surface area contributed by atoms with E-state index in [4.69, 9.17) is 0 Å². The van der Waals surface area contributed by atoms with Crippen molar-refractivity contribution in [2.45, 2.75) is 57.7 Å². The summed E-state index contributed by atoms with van der Waals surface area (Å²) in [6, 6.07) is 2.17. The van der Waals surface area contributed by atoms with Gasteiger partial charge < -0.3 is 10.6 Å². The maximum Gasteiger partial charge on any atom is 0.416 e. The normalized spacial score (nSPS) is 17.2. The molecule has 118 valence electrons. The fraction of sp³-hybridized carbons (Fsp3) is 0.667. The number of anilines is 2. The lowest BCUT2D eigenvalue weighted by Gasteiger charge is -2.42. The zero-order chi connectivity index (χ0) is 15.5. The van der Waals surface area contributed by atoms with Crippen LogP contribution < -0.4 is 10.6 Å². The van der Waals surface area contributed by atoms with Crippen molar-refractivity contribution in [1.29, 1.82) is 0 Å². The zero-order valence-electron chi connectivity index (χ0n) is 12.5. The molecule has 1 aliphatic carbocycles. The molecule has 0 unspecified atom stereocenters. The van der Waals surface area contributed by atoms with Crippen LogP contribution in [0.5, 0.6) is 0 Å². The number of rotatable bonds is 6. The van der Waals surface area contributed by atoms with Gasteiger partial charge in [0.1, 0.15) is 11.6 Å². The molecular formula is C15H22F3N3. The van der Waals surface area contributed by atoms with E-state index in [1.807, 2.05) is 6.92 Å². The van der Waals surface area contributed by atoms with Crippen molar-refractivity contribution < 1.29 is 13.2 Å². The molecule has 0 amide bonds. The Hall–Kier alpha value is -1.46. The van der Waals surface area contributed by atoms with E-state index >= 15 is 0 Å². The molecule has 2 N–H and O–H groups in total. The number of nitrogens with one attached hydrogen (secondary N) is 2. The number of hydrogen-bond acceptors (Lipinski definition) is 3. The van der Waals surface area contributed by atoms with Crippen molar-refractivity contribution in [2.75, 3.05) is 17.2 Å². The van der Waals surface area contributed by atoms with Gasteiger partial charge in [0, 0.05) is 12.1 Å². The molecule has 1 aliphatic rings. The monoisotopic (exact) mass is 301 g/mol. The summed E-state index contributed by atoms with van der Waals surface area (Å²) in [7, 11) is 0. The minimum absolute atomic E-state index is 0.0841. The molecule has 1 aromatic rings. The van der Waals surface area contributed by atoms with E-state index in [1.54, 1.807) is 0 Å². The molecule has 21 heavy (non-hydrogen) atoms. The molecule has 0 saturated heterocycles. The van der Waals surface area contributed by atoms with Crippen molar-refractivity contribution in [2.24, 2.45) is 0 Å². The number of alkyl halides is 3. The topological polar surface area (TPSA) is 37.0 Å². The Morgan fingerprint density at radius 2 is 1.86 bits per heavy atom. The summed E-state index contributed by atoms with van der Waals surface area (Å²) in [5, 5.41) is 6.16. The van der Waals surface area contributed by atoms with E-state index in [1.165, 1.54) is 0 Å². The summed E-state index contributed by atoms with van der Waals surface area (Å²) in [6.07, 6.45) is 0.447. The summed E-state index contributed by atoms with van der Waals surface area (Å²) < 4.78 is 39.0. The zero-order valence-corrected chi connectivity index (χ0v) is 12.5. The summed E-state index contributed by atoms with van der Waals surface area (Å²) in [4.78, 5) is 4.28. The third kappa shape index (κ3) is 3.80. The number of halogens is 3. The Bertz CT molecular complexity index is 476. The van der Waals surface area contributed by atoms with E-state index < -0.39 is 11.7 Å². The number of nitrogens with zero attached hydrogens (tertiary/aromatic N) is 1. The van der Waals surface area contributed by atoms with Crippen LogP contribution in [0.2, 0.25) is 0 Å². The third-order valence-electron chi connectivity index (χ3n) is 4.09. The van der Waals surface area contributed by atoms with E-state index in [0.717, 1.165) is 44.2 Å². The van der Waals surface area contributed by atoms with Crippen LogP contribution in [0.15, 0.2) is 12.1 Å². The van der Waals surface area contributed by atoms with Gasteiger partial charge in [0.05, 0.1) is 5.56 Å². The number of aromatic nitrogens is 1. The molecule has 0 spiro atoms. The van der Waals surface area contributed by atoms with Gasteiger partial charge >= 0.3 is 6.18 Å². The van der Waals surface area contributed by atoms with Crippen molar-refractivity contribution in [3.05, 3.63) is 17.7 Å². The highest BCUT2D eigenvalue weighted by molar-refractivity contribution is 5.51. The van der Waals surface area contributed by atoms with Crippen molar-refractivity contribution in [1.82, 2.24) is 4.98 Å². The molecule has 1 fully saturated rings. The average Bonchev–Trinajstić information content (AvgIpc) is 2.39. The minimum atomic E-state index is -4.36. The summed E-state index contributed by atoms with van der Waals surface area (Å²) in [5.74, 6) is 0.588. The van der Waals surface area contributed by atoms with Crippen LogP contribution in [0.1, 0.15) is 51.5 Å². The van der Waals surface area contributed by atoms with Crippen molar-refractivity contribution in [3.8, 4) is 0 Å². The Labute approximate surface area is 123 Å². The van der Waals surface area contributed by atoms with E-state index in [0.29, 0.717) is 12.4 Å². The van der Waals surface area contributed by atoms with Gasteiger partial charge in [0.25, 0.3) is 0 Å². The molecule has 0 radical (unpaired) electrons. The van der Waals surface area contributed by atoms with E-state index in [-0.39, 0.29) is 11.4 Å². The predicted molar refractivity (Wildman–Crippen MR) is 78.5 cm³/mol. The lowest BCUT2D eigenvalue weighted by atomic mass is 9.75. The Morgan fingerprint density at radius 3 is 2.33 bits per heavy atom. The molecule has 3 nitrogen and oxygen atoms in total. The van der Waals surface area contributed by atoms with Gasteiger partial charge in [-0.05, 0) is 44.2 Å². The highest BCUT2D eigenvalue weighted by Crippen LogP contribution is 2.39. The summed E-state index contributed by atoms with van der Waals surface area (Å²) in [5.41, 5.74) is -0.747. The lowest BCUT2D eigenvalue weighted by Crippen LogP contribution is -2.44. The first-order chi connectivity index (χ1) is 9.88. The predicted octanol–water partition coefficient (Wildman–Crippen LogP) is 4.67. The first kappa shape index (κ1) is 15.9. The van der Waals surface area contributed by atoms with Crippen molar-refractivity contribution in [3.63, 3.8) is 0 Å². The van der Waals surface area contributed by atoms with Crippen LogP contribution >= 0.6 is 0 Å². The highest BCUT2D eigenvalue weighted by atomic mass is 19.4. The second-order valence-electron chi connectivity index (χ2n) is 5.66. The molecule has 0 atom stereocenters. The fourth-order valence-electron chi connectivity index (χ4n) is 2.54. The minimum Gasteiger partial charge on any atom is -0.370 e.